The fourth-order valence-corrected chi connectivity index (χ4v) is 1.41. The summed E-state index contributed by atoms with van der Waals surface area (Å²) >= 11 is 6.87. The lowest BCUT2D eigenvalue weighted by molar-refractivity contribution is 0.625. The minimum atomic E-state index is -0.426. The second-order valence-electron chi connectivity index (χ2n) is 2.01. The van der Waals surface area contributed by atoms with Crippen LogP contribution in [0.25, 0.3) is 0 Å². The number of nitrogens with two attached hydrogens (primary N) is 1. The van der Waals surface area contributed by atoms with Gasteiger partial charge in [0.05, 0.1) is 5.02 Å². The molecule has 2 N–H and O–H groups in total. The molecule has 1 aromatic rings. The molecular formula is C7H7ClFNS. The first kappa shape index (κ1) is 8.68. The smallest absolute Gasteiger partial charge is 0.143 e. The van der Waals surface area contributed by atoms with E-state index in [0.717, 1.165) is 0 Å². The van der Waals surface area contributed by atoms with Gasteiger partial charge in [-0.2, -0.15) is 0 Å². The van der Waals surface area contributed by atoms with Crippen molar-refractivity contribution in [3.05, 3.63) is 23.0 Å². The topological polar surface area (TPSA) is 26.0 Å². The third kappa shape index (κ3) is 1.79. The summed E-state index contributed by atoms with van der Waals surface area (Å²) < 4.78 is 12.7. The van der Waals surface area contributed by atoms with Crippen LogP contribution >= 0.6 is 23.4 Å². The number of hydrogen-bond acceptors (Lipinski definition) is 2. The lowest BCUT2D eigenvalue weighted by Gasteiger charge is -2.02. The Hall–Kier alpha value is -0.410. The lowest BCUT2D eigenvalue weighted by atomic mass is 10.3. The second kappa shape index (κ2) is 3.32. The summed E-state index contributed by atoms with van der Waals surface area (Å²) in [6.07, 6.45) is 1.83. The average molecular weight is 192 g/mol. The molecule has 0 amide bonds. The van der Waals surface area contributed by atoms with Crippen molar-refractivity contribution in [1.29, 1.82) is 0 Å². The predicted octanol–water partition coefficient (Wildman–Crippen LogP) is 2.78. The number of anilines is 1. The van der Waals surface area contributed by atoms with Gasteiger partial charge in [-0.3, -0.25) is 0 Å². The van der Waals surface area contributed by atoms with Gasteiger partial charge < -0.3 is 5.73 Å². The van der Waals surface area contributed by atoms with Crippen molar-refractivity contribution in [2.75, 3.05) is 12.0 Å². The molecule has 0 bridgehead atoms. The normalized spacial score (nSPS) is 10.1. The predicted molar refractivity (Wildman–Crippen MR) is 47.6 cm³/mol. The van der Waals surface area contributed by atoms with Gasteiger partial charge in [-0.1, -0.05) is 11.6 Å². The van der Waals surface area contributed by atoms with Crippen LogP contribution in [-0.2, 0) is 0 Å². The number of rotatable bonds is 1. The quantitative estimate of drug-likeness (QED) is 0.546. The van der Waals surface area contributed by atoms with Crippen molar-refractivity contribution in [2.24, 2.45) is 0 Å². The zero-order valence-electron chi connectivity index (χ0n) is 5.90. The van der Waals surface area contributed by atoms with Gasteiger partial charge in [-0.15, -0.1) is 11.8 Å². The first-order valence-corrected chi connectivity index (χ1v) is 4.54. The largest absolute Gasteiger partial charge is 0.398 e. The summed E-state index contributed by atoms with van der Waals surface area (Å²) in [5.74, 6) is -0.426. The molecule has 0 atom stereocenters. The standard InChI is InChI=1S/C7H7ClFNS/c1-11-7-3-5(9)4(8)2-6(7)10/h2-3H,10H2,1H3. The molecule has 11 heavy (non-hydrogen) atoms. The van der Waals surface area contributed by atoms with Crippen LogP contribution in [0, 0.1) is 5.82 Å². The zero-order valence-corrected chi connectivity index (χ0v) is 7.47. The first-order chi connectivity index (χ1) is 5.15. The Morgan fingerprint density at radius 3 is 2.73 bits per heavy atom. The van der Waals surface area contributed by atoms with E-state index in [1.807, 2.05) is 6.26 Å². The van der Waals surface area contributed by atoms with Crippen LogP contribution in [0.15, 0.2) is 17.0 Å². The van der Waals surface area contributed by atoms with Crippen LogP contribution in [0.5, 0.6) is 0 Å². The number of hydrogen-bond donors (Lipinski definition) is 1. The first-order valence-electron chi connectivity index (χ1n) is 2.93. The van der Waals surface area contributed by atoms with E-state index in [1.165, 1.54) is 23.9 Å². The minimum Gasteiger partial charge on any atom is -0.398 e. The maximum Gasteiger partial charge on any atom is 0.143 e. The second-order valence-corrected chi connectivity index (χ2v) is 3.26. The van der Waals surface area contributed by atoms with Gasteiger partial charge >= 0.3 is 0 Å². The molecule has 0 unspecified atom stereocenters. The summed E-state index contributed by atoms with van der Waals surface area (Å²) in [6.45, 7) is 0. The van der Waals surface area contributed by atoms with Crippen LogP contribution in [-0.4, -0.2) is 6.26 Å². The van der Waals surface area contributed by atoms with Crippen molar-refractivity contribution in [2.45, 2.75) is 4.90 Å². The number of benzene rings is 1. The number of thioether (sulfide) groups is 1. The molecule has 0 aliphatic rings. The van der Waals surface area contributed by atoms with Gasteiger partial charge in [0.15, 0.2) is 0 Å². The van der Waals surface area contributed by atoms with E-state index < -0.39 is 5.82 Å². The van der Waals surface area contributed by atoms with Gasteiger partial charge in [0, 0.05) is 10.6 Å². The monoisotopic (exact) mass is 191 g/mol. The number of halogens is 2. The Morgan fingerprint density at radius 2 is 2.18 bits per heavy atom. The molecule has 0 aromatic heterocycles. The highest BCUT2D eigenvalue weighted by molar-refractivity contribution is 7.98. The fourth-order valence-electron chi connectivity index (χ4n) is 0.721. The van der Waals surface area contributed by atoms with Crippen molar-refractivity contribution in [3.63, 3.8) is 0 Å². The van der Waals surface area contributed by atoms with E-state index in [0.29, 0.717) is 10.6 Å². The van der Waals surface area contributed by atoms with Crippen LogP contribution in [0.2, 0.25) is 5.02 Å². The Morgan fingerprint density at radius 1 is 1.55 bits per heavy atom. The van der Waals surface area contributed by atoms with Crippen LogP contribution in [0.4, 0.5) is 10.1 Å². The zero-order chi connectivity index (χ0) is 8.43. The van der Waals surface area contributed by atoms with E-state index in [2.05, 4.69) is 0 Å². The highest BCUT2D eigenvalue weighted by Gasteiger charge is 2.04. The molecule has 0 saturated carbocycles. The molecule has 60 valence electrons. The molecular weight excluding hydrogens is 185 g/mol. The Labute approximate surface area is 73.7 Å². The summed E-state index contributed by atoms with van der Waals surface area (Å²) in [4.78, 5) is 0.715. The van der Waals surface area contributed by atoms with E-state index in [-0.39, 0.29) is 5.02 Å². The summed E-state index contributed by atoms with van der Waals surface area (Å²) in [6, 6.07) is 2.76. The molecule has 1 nitrogen and oxygen atoms in total. The van der Waals surface area contributed by atoms with E-state index in [4.69, 9.17) is 17.3 Å². The molecule has 0 heterocycles. The highest BCUT2D eigenvalue weighted by atomic mass is 35.5. The summed E-state index contributed by atoms with van der Waals surface area (Å²) in [7, 11) is 0. The third-order valence-corrected chi connectivity index (χ3v) is 2.36. The van der Waals surface area contributed by atoms with Crippen molar-refractivity contribution < 1.29 is 4.39 Å². The molecule has 0 spiro atoms. The van der Waals surface area contributed by atoms with Crippen LogP contribution in [0.1, 0.15) is 0 Å². The third-order valence-electron chi connectivity index (χ3n) is 1.27. The minimum absolute atomic E-state index is 0.0697. The molecule has 0 aliphatic heterocycles. The van der Waals surface area contributed by atoms with Gasteiger partial charge in [-0.25, -0.2) is 4.39 Å². The summed E-state index contributed by atoms with van der Waals surface area (Å²) in [5.41, 5.74) is 6.05. The van der Waals surface area contributed by atoms with Crippen LogP contribution in [0.3, 0.4) is 0 Å². The maximum atomic E-state index is 12.7. The molecule has 0 aliphatic carbocycles. The molecule has 0 saturated heterocycles. The van der Waals surface area contributed by atoms with E-state index in [1.54, 1.807) is 0 Å². The lowest BCUT2D eigenvalue weighted by Crippen LogP contribution is -1.89. The van der Waals surface area contributed by atoms with Gasteiger partial charge in [0.2, 0.25) is 0 Å². The van der Waals surface area contributed by atoms with E-state index in [9.17, 15) is 4.39 Å². The van der Waals surface area contributed by atoms with Crippen molar-refractivity contribution in [3.8, 4) is 0 Å². The van der Waals surface area contributed by atoms with Crippen LogP contribution < -0.4 is 5.73 Å². The molecule has 4 heteroatoms. The van der Waals surface area contributed by atoms with Gasteiger partial charge in [-0.05, 0) is 18.4 Å². The Balaban J connectivity index is 3.21. The maximum absolute atomic E-state index is 12.7. The van der Waals surface area contributed by atoms with Gasteiger partial charge in [0.25, 0.3) is 0 Å². The van der Waals surface area contributed by atoms with Crippen molar-refractivity contribution in [1.82, 2.24) is 0 Å². The van der Waals surface area contributed by atoms with Crippen molar-refractivity contribution >= 4 is 29.1 Å². The summed E-state index contributed by atoms with van der Waals surface area (Å²) in [5, 5.41) is 0.0697. The van der Waals surface area contributed by atoms with Gasteiger partial charge in [0.1, 0.15) is 5.82 Å². The fraction of sp³-hybridized carbons (Fsp3) is 0.143. The highest BCUT2D eigenvalue weighted by Crippen LogP contribution is 2.28. The molecule has 1 rings (SSSR count). The van der Waals surface area contributed by atoms with E-state index >= 15 is 0 Å². The Kier molecular flexibility index (Phi) is 2.62. The average Bonchev–Trinajstić information content (AvgIpc) is 1.97. The number of nitrogen functional groups attached to an aromatic ring is 1. The molecule has 1 aromatic carbocycles. The SMILES string of the molecule is CSc1cc(F)c(Cl)cc1N. The molecule has 0 radical (unpaired) electrons. The molecule has 0 fully saturated rings. The Bertz CT molecular complexity index is 277.